The molecule has 158 valence electrons. The second-order valence-corrected chi connectivity index (χ2v) is 8.40. The molecule has 0 spiro atoms. The van der Waals surface area contributed by atoms with E-state index in [9.17, 15) is 0 Å². The van der Waals surface area contributed by atoms with E-state index in [2.05, 4.69) is 89.7 Å². The molecule has 0 aliphatic carbocycles. The molecule has 2 heterocycles. The number of pyridine rings is 1. The number of nitrogens with zero attached hydrogens (tertiary/aromatic N) is 4. The van der Waals surface area contributed by atoms with Crippen LogP contribution in [-0.2, 0) is 0 Å². The molecule has 3 aromatic carbocycles. The van der Waals surface area contributed by atoms with E-state index in [1.54, 1.807) is 6.20 Å². The normalized spacial score (nSPS) is 14.8. The molecular weight excluding hydrogens is 416 g/mol. The summed E-state index contributed by atoms with van der Waals surface area (Å²) in [4.78, 5) is 13.8. The van der Waals surface area contributed by atoms with E-state index in [0.717, 1.165) is 22.0 Å². The summed E-state index contributed by atoms with van der Waals surface area (Å²) in [6.07, 6.45) is 3.57. The Bertz CT molecular complexity index is 1360. The smallest absolute Gasteiger partial charge is 0.152 e. The van der Waals surface area contributed by atoms with Crippen LogP contribution < -0.4 is 20.4 Å². The Morgan fingerprint density at radius 1 is 0.844 bits per heavy atom. The number of para-hydroxylation sites is 2. The molecule has 0 N–H and O–H groups in total. The number of fused-ring (bicyclic) bond motifs is 1. The number of anilines is 2. The van der Waals surface area contributed by atoms with Crippen LogP contribution in [0.3, 0.4) is 0 Å². The van der Waals surface area contributed by atoms with Gasteiger partial charge in [-0.2, -0.15) is 0 Å². The molecule has 0 amide bonds. The Morgan fingerprint density at radius 2 is 1.59 bits per heavy atom. The van der Waals surface area contributed by atoms with Gasteiger partial charge in [0.15, 0.2) is 6.17 Å². The number of hydrogen-bond donors (Lipinski definition) is 0. The summed E-state index contributed by atoms with van der Waals surface area (Å²) in [5.74, 6) is 0.805. The highest BCUT2D eigenvalue weighted by Gasteiger charge is 2.22. The maximum Gasteiger partial charge on any atom is 0.152 e. The van der Waals surface area contributed by atoms with Crippen molar-refractivity contribution in [3.8, 4) is 11.1 Å². The fourth-order valence-corrected chi connectivity index (χ4v) is 4.13. The molecule has 0 saturated carbocycles. The lowest BCUT2D eigenvalue weighted by Crippen LogP contribution is -2.38. The lowest BCUT2D eigenvalue weighted by atomic mass is 10.0. The van der Waals surface area contributed by atoms with Gasteiger partial charge < -0.3 is 9.80 Å². The first kappa shape index (κ1) is 20.3. The molecule has 4 aromatic rings. The summed E-state index contributed by atoms with van der Waals surface area (Å²) in [6, 6.07) is 29.0. The average Bonchev–Trinajstić information content (AvgIpc) is 2.84. The third-order valence-electron chi connectivity index (χ3n) is 5.62. The van der Waals surface area contributed by atoms with Crippen LogP contribution in [0.15, 0.2) is 96.1 Å². The number of rotatable bonds is 4. The summed E-state index contributed by atoms with van der Waals surface area (Å²) < 4.78 is 0. The molecule has 5 rings (SSSR count). The Labute approximate surface area is 192 Å². The lowest BCUT2D eigenvalue weighted by molar-refractivity contribution is 0.706. The number of hydrogen-bond acceptors (Lipinski definition) is 4. The van der Waals surface area contributed by atoms with Crippen LogP contribution in [0.1, 0.15) is 11.7 Å². The minimum Gasteiger partial charge on any atom is -0.377 e. The molecule has 1 aromatic heterocycles. The zero-order valence-electron chi connectivity index (χ0n) is 18.0. The molecule has 4 nitrogen and oxygen atoms in total. The minimum atomic E-state index is -0.211. The van der Waals surface area contributed by atoms with Gasteiger partial charge in [0.25, 0.3) is 0 Å². The lowest BCUT2D eigenvalue weighted by Gasteiger charge is -2.29. The van der Waals surface area contributed by atoms with Gasteiger partial charge in [0.2, 0.25) is 0 Å². The molecule has 1 unspecified atom stereocenters. The summed E-state index contributed by atoms with van der Waals surface area (Å²) in [5, 5.41) is 2.66. The minimum absolute atomic E-state index is 0.211. The topological polar surface area (TPSA) is 31.7 Å². The fraction of sp³-hybridized carbons (Fsp3) is 0.111. The van der Waals surface area contributed by atoms with Crippen molar-refractivity contribution >= 4 is 29.3 Å². The zero-order valence-corrected chi connectivity index (χ0v) is 18.7. The van der Waals surface area contributed by atoms with Gasteiger partial charge in [-0.1, -0.05) is 72.3 Å². The van der Waals surface area contributed by atoms with Crippen molar-refractivity contribution in [2.75, 3.05) is 23.9 Å². The van der Waals surface area contributed by atoms with Gasteiger partial charge in [-0.3, -0.25) is 4.99 Å². The van der Waals surface area contributed by atoms with E-state index >= 15 is 0 Å². The first-order valence-electron chi connectivity index (χ1n) is 10.5. The highest BCUT2D eigenvalue weighted by molar-refractivity contribution is 6.30. The third-order valence-corrected chi connectivity index (χ3v) is 5.85. The first-order valence-corrected chi connectivity index (χ1v) is 10.9. The van der Waals surface area contributed by atoms with Crippen LogP contribution in [0, 0.1) is 0 Å². The van der Waals surface area contributed by atoms with Crippen molar-refractivity contribution in [3.05, 3.63) is 112 Å². The van der Waals surface area contributed by atoms with Gasteiger partial charge in [-0.05, 0) is 35.4 Å². The van der Waals surface area contributed by atoms with Crippen LogP contribution in [0.2, 0.25) is 5.02 Å². The average molecular weight is 439 g/mol. The second kappa shape index (κ2) is 8.48. The molecule has 0 saturated heterocycles. The predicted molar refractivity (Wildman–Crippen MR) is 132 cm³/mol. The largest absolute Gasteiger partial charge is 0.377 e. The molecule has 0 radical (unpaired) electrons. The summed E-state index contributed by atoms with van der Waals surface area (Å²) in [5.41, 5.74) is 4.67. The van der Waals surface area contributed by atoms with Crippen molar-refractivity contribution in [1.29, 1.82) is 0 Å². The van der Waals surface area contributed by atoms with Gasteiger partial charge in [0, 0.05) is 43.0 Å². The van der Waals surface area contributed by atoms with Crippen molar-refractivity contribution < 1.29 is 0 Å². The SMILES string of the molecule is CN(C)c1ccccc1-c1ccc(C2N=c3ccccc3=CN2c2ccc(Cl)cn2)cc1. The van der Waals surface area contributed by atoms with Crippen LogP contribution >= 0.6 is 11.6 Å². The Kier molecular flexibility index (Phi) is 5.38. The van der Waals surface area contributed by atoms with Crippen molar-refractivity contribution in [2.45, 2.75) is 6.17 Å². The number of halogens is 1. The second-order valence-electron chi connectivity index (χ2n) is 7.97. The van der Waals surface area contributed by atoms with Crippen molar-refractivity contribution in [1.82, 2.24) is 4.98 Å². The molecule has 5 heteroatoms. The predicted octanol–water partition coefficient (Wildman–Crippen LogP) is 5.04. The van der Waals surface area contributed by atoms with Gasteiger partial charge in [-0.15, -0.1) is 0 Å². The monoisotopic (exact) mass is 438 g/mol. The van der Waals surface area contributed by atoms with E-state index in [4.69, 9.17) is 16.6 Å². The third kappa shape index (κ3) is 3.85. The van der Waals surface area contributed by atoms with Gasteiger partial charge in [0.1, 0.15) is 5.82 Å². The first-order chi connectivity index (χ1) is 15.6. The van der Waals surface area contributed by atoms with Gasteiger partial charge in [0.05, 0.1) is 10.4 Å². The Balaban J connectivity index is 1.58. The van der Waals surface area contributed by atoms with Crippen LogP contribution in [0.5, 0.6) is 0 Å². The van der Waals surface area contributed by atoms with E-state index < -0.39 is 0 Å². The summed E-state index contributed by atoms with van der Waals surface area (Å²) in [6.45, 7) is 0. The van der Waals surface area contributed by atoms with Crippen LogP contribution in [0.25, 0.3) is 17.3 Å². The van der Waals surface area contributed by atoms with Crippen LogP contribution in [-0.4, -0.2) is 19.1 Å². The van der Waals surface area contributed by atoms with E-state index in [1.807, 2.05) is 30.3 Å². The van der Waals surface area contributed by atoms with Crippen molar-refractivity contribution in [3.63, 3.8) is 0 Å². The van der Waals surface area contributed by atoms with Crippen molar-refractivity contribution in [2.24, 2.45) is 4.99 Å². The maximum absolute atomic E-state index is 6.08. The summed E-state index contributed by atoms with van der Waals surface area (Å²) in [7, 11) is 4.14. The molecule has 1 atom stereocenters. The molecule has 1 aliphatic heterocycles. The number of aromatic nitrogens is 1. The molecule has 32 heavy (non-hydrogen) atoms. The van der Waals surface area contributed by atoms with Gasteiger partial charge in [-0.25, -0.2) is 4.98 Å². The van der Waals surface area contributed by atoms with E-state index in [0.29, 0.717) is 5.02 Å². The highest BCUT2D eigenvalue weighted by atomic mass is 35.5. The molecular formula is C27H23ClN4. The Hall–Kier alpha value is -3.63. The van der Waals surface area contributed by atoms with E-state index in [-0.39, 0.29) is 6.17 Å². The van der Waals surface area contributed by atoms with Gasteiger partial charge >= 0.3 is 0 Å². The zero-order chi connectivity index (χ0) is 22.1. The fourth-order valence-electron chi connectivity index (χ4n) is 4.02. The molecule has 1 aliphatic rings. The maximum atomic E-state index is 6.08. The quantitative estimate of drug-likeness (QED) is 0.447. The molecule has 0 fully saturated rings. The Morgan fingerprint density at radius 3 is 2.34 bits per heavy atom. The molecule has 0 bridgehead atoms. The number of benzene rings is 3. The van der Waals surface area contributed by atoms with Crippen LogP contribution in [0.4, 0.5) is 11.5 Å². The van der Waals surface area contributed by atoms with E-state index in [1.165, 1.54) is 16.8 Å². The summed E-state index contributed by atoms with van der Waals surface area (Å²) >= 11 is 6.08. The standard InChI is InChI=1S/C27H23ClN4/c1-31(2)25-10-6-4-8-23(25)19-11-13-20(14-12-19)27-30-24-9-5-3-7-21(24)18-32(27)26-16-15-22(28)17-29-26/h3-18,27H,1-2H3. The highest BCUT2D eigenvalue weighted by Crippen LogP contribution is 2.33.